The van der Waals surface area contributed by atoms with Crippen molar-refractivity contribution >= 4 is 23.2 Å². The fraction of sp³-hybridized carbons (Fsp3) is 0.296. The number of methoxy groups -OCH3 is 1. The van der Waals surface area contributed by atoms with Crippen molar-refractivity contribution in [2.24, 2.45) is 10.9 Å². The number of hydrogen-bond donors (Lipinski definition) is 0. The Labute approximate surface area is 183 Å². The zero-order chi connectivity index (χ0) is 20.7. The first-order valence-corrected chi connectivity index (χ1v) is 11.6. The summed E-state index contributed by atoms with van der Waals surface area (Å²) < 4.78 is 5.40. The van der Waals surface area contributed by atoms with Crippen molar-refractivity contribution in [2.75, 3.05) is 7.11 Å². The molecule has 1 aliphatic heterocycles. The smallest absolute Gasteiger partial charge is 0.118 e. The Bertz CT molecular complexity index is 1120. The molecule has 0 aromatic heterocycles. The van der Waals surface area contributed by atoms with E-state index in [2.05, 4.69) is 74.5 Å². The Morgan fingerprint density at radius 1 is 0.967 bits per heavy atom. The van der Waals surface area contributed by atoms with Gasteiger partial charge in [0.25, 0.3) is 0 Å². The summed E-state index contributed by atoms with van der Waals surface area (Å²) in [6, 6.07) is 22.0. The van der Waals surface area contributed by atoms with Crippen molar-refractivity contribution in [2.45, 2.75) is 43.3 Å². The SMILES string of the molecule is COc1ccc(C2Sc3ccccc3N=C3c4cc(C)c(C)cc4CCCC32)cc1. The molecule has 2 unspecified atom stereocenters. The van der Waals surface area contributed by atoms with E-state index in [9.17, 15) is 0 Å². The molecule has 0 N–H and O–H groups in total. The van der Waals surface area contributed by atoms with Crippen LogP contribution in [-0.4, -0.2) is 12.8 Å². The molecule has 0 radical (unpaired) electrons. The first-order valence-electron chi connectivity index (χ1n) is 10.7. The molecule has 3 aromatic carbocycles. The molecule has 0 amide bonds. The lowest BCUT2D eigenvalue weighted by Crippen LogP contribution is -2.20. The fourth-order valence-electron chi connectivity index (χ4n) is 4.70. The molecule has 2 aliphatic rings. The first kappa shape index (κ1) is 19.4. The minimum atomic E-state index is 0.339. The van der Waals surface area contributed by atoms with Crippen LogP contribution in [0.15, 0.2) is 70.6 Å². The molecule has 152 valence electrons. The Morgan fingerprint density at radius 3 is 2.53 bits per heavy atom. The molecular formula is C27H27NOS. The lowest BCUT2D eigenvalue weighted by Gasteiger charge is -2.26. The minimum absolute atomic E-state index is 0.339. The van der Waals surface area contributed by atoms with Gasteiger partial charge in [-0.1, -0.05) is 30.3 Å². The maximum atomic E-state index is 5.40. The van der Waals surface area contributed by atoms with E-state index in [0.717, 1.165) is 24.3 Å². The number of rotatable bonds is 2. The number of benzene rings is 3. The summed E-state index contributed by atoms with van der Waals surface area (Å²) in [5.74, 6) is 1.29. The van der Waals surface area contributed by atoms with Crippen molar-refractivity contribution in [1.29, 1.82) is 0 Å². The molecule has 0 saturated heterocycles. The van der Waals surface area contributed by atoms with Crippen LogP contribution < -0.4 is 4.74 Å². The third-order valence-electron chi connectivity index (χ3n) is 6.48. The summed E-state index contributed by atoms with van der Waals surface area (Å²) >= 11 is 1.97. The molecule has 3 aromatic rings. The number of hydrogen-bond acceptors (Lipinski definition) is 3. The molecule has 30 heavy (non-hydrogen) atoms. The van der Waals surface area contributed by atoms with Gasteiger partial charge in [-0.25, -0.2) is 0 Å². The molecule has 3 heteroatoms. The van der Waals surface area contributed by atoms with Crippen molar-refractivity contribution in [3.63, 3.8) is 0 Å². The molecule has 2 atom stereocenters. The van der Waals surface area contributed by atoms with Gasteiger partial charge in [-0.05, 0) is 91.3 Å². The largest absolute Gasteiger partial charge is 0.497 e. The highest BCUT2D eigenvalue weighted by atomic mass is 32.2. The van der Waals surface area contributed by atoms with E-state index in [1.54, 1.807) is 7.11 Å². The Morgan fingerprint density at radius 2 is 1.73 bits per heavy atom. The highest BCUT2D eigenvalue weighted by molar-refractivity contribution is 7.99. The number of nitrogens with zero attached hydrogens (tertiary/aromatic N) is 1. The van der Waals surface area contributed by atoms with Crippen molar-refractivity contribution in [3.05, 3.63) is 88.5 Å². The summed E-state index contributed by atoms with van der Waals surface area (Å²) in [5.41, 5.74) is 9.26. The number of fused-ring (bicyclic) bond motifs is 4. The number of ether oxygens (including phenoxy) is 1. The minimum Gasteiger partial charge on any atom is -0.497 e. The van der Waals surface area contributed by atoms with Gasteiger partial charge in [-0.3, -0.25) is 4.99 Å². The van der Waals surface area contributed by atoms with Crippen LogP contribution in [0.3, 0.4) is 0 Å². The molecule has 0 saturated carbocycles. The summed E-state index contributed by atoms with van der Waals surface area (Å²) in [6.45, 7) is 4.44. The Kier molecular flexibility index (Phi) is 5.16. The molecule has 5 rings (SSSR count). The summed E-state index contributed by atoms with van der Waals surface area (Å²) in [5, 5.41) is 0.339. The third kappa shape index (κ3) is 3.45. The van der Waals surface area contributed by atoms with Gasteiger partial charge in [0.05, 0.1) is 18.5 Å². The summed E-state index contributed by atoms with van der Waals surface area (Å²) in [4.78, 5) is 6.58. The van der Waals surface area contributed by atoms with Gasteiger partial charge in [0.15, 0.2) is 0 Å². The first-order chi connectivity index (χ1) is 14.6. The van der Waals surface area contributed by atoms with E-state index < -0.39 is 0 Å². The standard InChI is InChI=1S/C27H27NOS/c1-17-15-20-7-6-8-22-26(23(20)16-18(17)2)28-24-9-4-5-10-25(24)30-27(22)19-11-13-21(29-3)14-12-19/h4-5,9-16,22,27H,6-8H2,1-3H3. The van der Waals surface area contributed by atoms with E-state index in [0.29, 0.717) is 11.2 Å². The van der Waals surface area contributed by atoms with E-state index in [1.807, 2.05) is 11.8 Å². The lowest BCUT2D eigenvalue weighted by atomic mass is 9.86. The van der Waals surface area contributed by atoms with Crippen LogP contribution in [-0.2, 0) is 6.42 Å². The normalized spacial score (nSPS) is 20.2. The second-order valence-corrected chi connectivity index (χ2v) is 9.55. The second-order valence-electron chi connectivity index (χ2n) is 8.37. The average Bonchev–Trinajstić information content (AvgIpc) is 3.03. The number of thioether (sulfide) groups is 1. The van der Waals surface area contributed by atoms with Gasteiger partial charge in [-0.15, -0.1) is 11.8 Å². The van der Waals surface area contributed by atoms with Gasteiger partial charge in [-0.2, -0.15) is 0 Å². The lowest BCUT2D eigenvalue weighted by molar-refractivity contribution is 0.414. The third-order valence-corrected chi connectivity index (χ3v) is 7.93. The molecule has 1 heterocycles. The quantitative estimate of drug-likeness (QED) is 0.442. The predicted octanol–water partition coefficient (Wildman–Crippen LogP) is 7.23. The van der Waals surface area contributed by atoms with Crippen molar-refractivity contribution < 1.29 is 4.74 Å². The Hall–Kier alpha value is -2.52. The van der Waals surface area contributed by atoms with Gasteiger partial charge in [0.2, 0.25) is 0 Å². The van der Waals surface area contributed by atoms with Crippen LogP contribution in [0.4, 0.5) is 5.69 Å². The van der Waals surface area contributed by atoms with Crippen LogP contribution in [0.5, 0.6) is 5.75 Å². The fourth-order valence-corrected chi connectivity index (χ4v) is 6.09. The Balaban J connectivity index is 1.70. The van der Waals surface area contributed by atoms with E-state index in [-0.39, 0.29) is 0 Å². The van der Waals surface area contributed by atoms with Crippen molar-refractivity contribution in [1.82, 2.24) is 0 Å². The predicted molar refractivity (Wildman–Crippen MR) is 127 cm³/mol. The number of para-hydroxylation sites is 1. The average molecular weight is 414 g/mol. The molecule has 0 bridgehead atoms. The second kappa shape index (κ2) is 7.96. The zero-order valence-electron chi connectivity index (χ0n) is 17.8. The molecule has 0 fully saturated rings. The summed E-state index contributed by atoms with van der Waals surface area (Å²) in [6.07, 6.45) is 3.49. The van der Waals surface area contributed by atoms with Crippen LogP contribution >= 0.6 is 11.8 Å². The van der Waals surface area contributed by atoms with E-state index in [1.165, 1.54) is 44.8 Å². The molecule has 0 spiro atoms. The monoisotopic (exact) mass is 413 g/mol. The molecule has 2 nitrogen and oxygen atoms in total. The van der Waals surface area contributed by atoms with Crippen LogP contribution in [0.25, 0.3) is 0 Å². The zero-order valence-corrected chi connectivity index (χ0v) is 18.6. The highest BCUT2D eigenvalue weighted by Gasteiger charge is 2.35. The number of aliphatic imine (C=N–C) groups is 1. The van der Waals surface area contributed by atoms with Crippen LogP contribution in [0.2, 0.25) is 0 Å². The van der Waals surface area contributed by atoms with E-state index >= 15 is 0 Å². The highest BCUT2D eigenvalue weighted by Crippen LogP contribution is 2.51. The van der Waals surface area contributed by atoms with Gasteiger partial charge < -0.3 is 4.74 Å². The van der Waals surface area contributed by atoms with Gasteiger partial charge in [0.1, 0.15) is 5.75 Å². The van der Waals surface area contributed by atoms with Gasteiger partial charge in [0, 0.05) is 16.1 Å². The maximum Gasteiger partial charge on any atom is 0.118 e. The molecule has 1 aliphatic carbocycles. The van der Waals surface area contributed by atoms with Crippen LogP contribution in [0.1, 0.15) is 45.9 Å². The topological polar surface area (TPSA) is 21.6 Å². The van der Waals surface area contributed by atoms with E-state index in [4.69, 9.17) is 9.73 Å². The number of aryl methyl sites for hydroxylation is 3. The maximum absolute atomic E-state index is 5.40. The van der Waals surface area contributed by atoms with Gasteiger partial charge >= 0.3 is 0 Å². The summed E-state index contributed by atoms with van der Waals surface area (Å²) in [7, 11) is 1.73. The van der Waals surface area contributed by atoms with Crippen LogP contribution in [0, 0.1) is 19.8 Å². The van der Waals surface area contributed by atoms with Crippen molar-refractivity contribution in [3.8, 4) is 5.75 Å². The molecular weight excluding hydrogens is 386 g/mol.